The molecular formula is C11H18N2O8. The Kier molecular flexibility index (Phi) is 7.94. The highest BCUT2D eigenvalue weighted by Gasteiger charge is 2.26. The lowest BCUT2D eigenvalue weighted by atomic mass is 10.4. The van der Waals surface area contributed by atoms with Crippen LogP contribution in [-0.2, 0) is 38.5 Å². The van der Waals surface area contributed by atoms with Gasteiger partial charge >= 0.3 is 23.9 Å². The molecule has 0 aromatic rings. The van der Waals surface area contributed by atoms with Gasteiger partial charge in [0.15, 0.2) is 0 Å². The van der Waals surface area contributed by atoms with E-state index in [2.05, 4.69) is 19.4 Å². The van der Waals surface area contributed by atoms with E-state index in [1.54, 1.807) is 0 Å². The van der Waals surface area contributed by atoms with Crippen LogP contribution < -0.4 is 0 Å². The molecular weight excluding hydrogens is 288 g/mol. The van der Waals surface area contributed by atoms with E-state index in [-0.39, 0.29) is 6.54 Å². The van der Waals surface area contributed by atoms with Crippen LogP contribution in [0.3, 0.4) is 0 Å². The molecule has 0 bridgehead atoms. The van der Waals surface area contributed by atoms with Gasteiger partial charge in [0, 0.05) is 38.1 Å². The number of carbonyl (C=O) groups excluding carboxylic acids is 4. The van der Waals surface area contributed by atoms with Crippen molar-refractivity contribution in [1.29, 1.82) is 0 Å². The number of hydrogen-bond acceptors (Lipinski definition) is 10. The fourth-order valence-electron chi connectivity index (χ4n) is 1.11. The zero-order valence-electron chi connectivity index (χ0n) is 12.4. The highest BCUT2D eigenvalue weighted by Crippen LogP contribution is 2.07. The minimum absolute atomic E-state index is 0.236. The lowest BCUT2D eigenvalue weighted by Crippen LogP contribution is -2.44. The Morgan fingerprint density at radius 3 is 1.38 bits per heavy atom. The van der Waals surface area contributed by atoms with Gasteiger partial charge in [-0.3, -0.25) is 19.2 Å². The Morgan fingerprint density at radius 2 is 1.10 bits per heavy atom. The van der Waals surface area contributed by atoms with E-state index in [9.17, 15) is 19.2 Å². The Labute approximate surface area is 121 Å². The average molecular weight is 306 g/mol. The van der Waals surface area contributed by atoms with Gasteiger partial charge in [-0.25, -0.2) is 0 Å². The van der Waals surface area contributed by atoms with Gasteiger partial charge in [-0.15, -0.1) is 0 Å². The van der Waals surface area contributed by atoms with Gasteiger partial charge in [0.2, 0.25) is 0 Å². The highest BCUT2D eigenvalue weighted by molar-refractivity contribution is 5.67. The first-order valence-corrected chi connectivity index (χ1v) is 5.92. The molecule has 0 rings (SSSR count). The van der Waals surface area contributed by atoms with Gasteiger partial charge in [-0.2, -0.15) is 0 Å². The molecule has 21 heavy (non-hydrogen) atoms. The number of hydrogen-bond donors (Lipinski definition) is 0. The summed E-state index contributed by atoms with van der Waals surface area (Å²) in [6.07, 6.45) is 0. The van der Waals surface area contributed by atoms with Crippen molar-refractivity contribution in [2.45, 2.75) is 40.7 Å². The monoisotopic (exact) mass is 306 g/mol. The van der Waals surface area contributed by atoms with Gasteiger partial charge in [0.1, 0.15) is 6.04 Å². The quantitative estimate of drug-likeness (QED) is 0.590. The second-order valence-electron chi connectivity index (χ2n) is 3.98. The molecule has 0 spiro atoms. The number of carbonyl (C=O) groups is 4. The fourth-order valence-corrected chi connectivity index (χ4v) is 1.11. The molecule has 0 fully saturated rings. The maximum atomic E-state index is 10.9. The second kappa shape index (κ2) is 8.87. The Morgan fingerprint density at radius 1 is 0.762 bits per heavy atom. The average Bonchev–Trinajstić information content (AvgIpc) is 2.24. The number of nitrogens with zero attached hydrogens (tertiary/aromatic N) is 2. The smallest absolute Gasteiger partial charge is 0.326 e. The largest absolute Gasteiger partial charge is 0.333 e. The second-order valence-corrected chi connectivity index (χ2v) is 3.98. The van der Waals surface area contributed by atoms with Crippen LogP contribution in [0.4, 0.5) is 0 Å². The molecule has 1 atom stereocenters. The van der Waals surface area contributed by atoms with E-state index in [0.717, 1.165) is 27.7 Å². The topological polar surface area (TPSA) is 112 Å². The maximum absolute atomic E-state index is 10.9. The summed E-state index contributed by atoms with van der Waals surface area (Å²) in [5.74, 6) is -2.91. The summed E-state index contributed by atoms with van der Waals surface area (Å²) in [5, 5.41) is 1.21. The molecule has 0 aliphatic carbocycles. The van der Waals surface area contributed by atoms with Crippen LogP contribution in [0.5, 0.6) is 0 Å². The SMILES string of the molecule is CC(=O)ON(CC(C)N(OC(C)=O)OC(C)=O)OC(C)=O. The van der Waals surface area contributed by atoms with Crippen molar-refractivity contribution in [2.75, 3.05) is 6.54 Å². The summed E-state index contributed by atoms with van der Waals surface area (Å²) in [6, 6.07) is -0.795. The minimum Gasteiger partial charge on any atom is -0.333 e. The van der Waals surface area contributed by atoms with Crippen molar-refractivity contribution in [3.05, 3.63) is 0 Å². The standard InChI is InChI=1S/C11H18N2O8/c1-7(13(20-10(4)16)21-11(5)17)6-12(18-8(2)14)19-9(3)15/h7H,6H2,1-5H3. The molecule has 0 aliphatic heterocycles. The Bertz CT molecular complexity index is 379. The van der Waals surface area contributed by atoms with Crippen LogP contribution in [0.15, 0.2) is 0 Å². The van der Waals surface area contributed by atoms with Crippen LogP contribution in [0.25, 0.3) is 0 Å². The van der Waals surface area contributed by atoms with E-state index in [1.807, 2.05) is 0 Å². The normalized spacial score (nSPS) is 11.8. The van der Waals surface area contributed by atoms with E-state index in [4.69, 9.17) is 0 Å². The molecule has 0 aliphatic rings. The predicted octanol–water partition coefficient (Wildman–Crippen LogP) is -0.109. The third-order valence-corrected chi connectivity index (χ3v) is 1.67. The van der Waals surface area contributed by atoms with E-state index < -0.39 is 29.9 Å². The van der Waals surface area contributed by atoms with Gasteiger partial charge in [-0.05, 0) is 6.92 Å². The van der Waals surface area contributed by atoms with Crippen molar-refractivity contribution < 1.29 is 38.5 Å². The predicted molar refractivity (Wildman–Crippen MR) is 65.1 cm³/mol. The molecule has 0 saturated heterocycles. The zero-order valence-corrected chi connectivity index (χ0v) is 12.4. The molecule has 10 heteroatoms. The first-order chi connectivity index (χ1) is 9.61. The van der Waals surface area contributed by atoms with Crippen LogP contribution >= 0.6 is 0 Å². The van der Waals surface area contributed by atoms with E-state index in [0.29, 0.717) is 10.5 Å². The first-order valence-electron chi connectivity index (χ1n) is 5.92. The molecule has 0 saturated carbocycles. The molecule has 10 nitrogen and oxygen atoms in total. The third-order valence-electron chi connectivity index (χ3n) is 1.67. The van der Waals surface area contributed by atoms with Gasteiger partial charge in [0.25, 0.3) is 0 Å². The lowest BCUT2D eigenvalue weighted by Gasteiger charge is -2.27. The molecule has 0 radical (unpaired) electrons. The van der Waals surface area contributed by atoms with Crippen LogP contribution in [0, 0.1) is 0 Å². The molecule has 0 aromatic heterocycles. The Hall–Kier alpha value is -2.20. The maximum Gasteiger partial charge on any atom is 0.326 e. The molecule has 0 heterocycles. The van der Waals surface area contributed by atoms with E-state index >= 15 is 0 Å². The summed E-state index contributed by atoms with van der Waals surface area (Å²) in [6.45, 7) is 5.68. The molecule has 0 aromatic carbocycles. The van der Waals surface area contributed by atoms with Crippen LogP contribution in [0.2, 0.25) is 0 Å². The minimum atomic E-state index is -0.795. The van der Waals surface area contributed by atoms with Crippen molar-refractivity contribution in [3.8, 4) is 0 Å². The third kappa shape index (κ3) is 9.35. The number of rotatable bonds is 7. The van der Waals surface area contributed by atoms with Crippen molar-refractivity contribution >= 4 is 23.9 Å². The van der Waals surface area contributed by atoms with Crippen LogP contribution in [-0.4, -0.2) is 46.9 Å². The molecule has 0 amide bonds. The van der Waals surface area contributed by atoms with Crippen LogP contribution in [0.1, 0.15) is 34.6 Å². The summed E-state index contributed by atoms with van der Waals surface area (Å²) in [7, 11) is 0. The summed E-state index contributed by atoms with van der Waals surface area (Å²) < 4.78 is 0. The van der Waals surface area contributed by atoms with Crippen molar-refractivity contribution in [3.63, 3.8) is 0 Å². The van der Waals surface area contributed by atoms with E-state index in [1.165, 1.54) is 6.92 Å². The molecule has 120 valence electrons. The summed E-state index contributed by atoms with van der Waals surface area (Å²) in [4.78, 5) is 62.3. The first kappa shape index (κ1) is 18.8. The zero-order chi connectivity index (χ0) is 16.6. The lowest BCUT2D eigenvalue weighted by molar-refractivity contribution is -0.370. The van der Waals surface area contributed by atoms with Crippen molar-refractivity contribution in [2.24, 2.45) is 0 Å². The highest BCUT2D eigenvalue weighted by atomic mass is 17.0. The summed E-state index contributed by atoms with van der Waals surface area (Å²) in [5.41, 5.74) is 0. The van der Waals surface area contributed by atoms with Gasteiger partial charge in [-0.1, -0.05) is 0 Å². The Balaban J connectivity index is 4.81. The van der Waals surface area contributed by atoms with Gasteiger partial charge in [0.05, 0.1) is 6.54 Å². The van der Waals surface area contributed by atoms with Gasteiger partial charge < -0.3 is 19.4 Å². The van der Waals surface area contributed by atoms with Crippen molar-refractivity contribution in [1.82, 2.24) is 10.5 Å². The fraction of sp³-hybridized carbons (Fsp3) is 0.636. The number of hydroxylamine groups is 4. The summed E-state index contributed by atoms with van der Waals surface area (Å²) >= 11 is 0. The molecule has 0 N–H and O–H groups in total. The molecule has 1 unspecified atom stereocenters.